The Morgan fingerprint density at radius 1 is 1.29 bits per heavy atom. The first kappa shape index (κ1) is 17.6. The van der Waals surface area contributed by atoms with E-state index in [0.29, 0.717) is 18.0 Å². The Hall–Kier alpha value is -1.22. The Labute approximate surface area is 154 Å². The van der Waals surface area contributed by atoms with E-state index in [1.54, 1.807) is 30.6 Å². The fourth-order valence-electron chi connectivity index (χ4n) is 2.51. The van der Waals surface area contributed by atoms with Gasteiger partial charge in [0.25, 0.3) is 0 Å². The van der Waals surface area contributed by atoms with Gasteiger partial charge in [0.1, 0.15) is 6.10 Å². The molecule has 1 atom stereocenters. The van der Waals surface area contributed by atoms with E-state index in [9.17, 15) is 8.42 Å². The molecule has 9 heteroatoms. The van der Waals surface area contributed by atoms with Crippen LogP contribution in [0, 0.1) is 0 Å². The molecule has 0 saturated carbocycles. The quantitative estimate of drug-likeness (QED) is 0.742. The molecule has 2 heterocycles. The van der Waals surface area contributed by atoms with Gasteiger partial charge in [-0.05, 0) is 47.0 Å². The van der Waals surface area contributed by atoms with E-state index in [1.807, 2.05) is 0 Å². The average molecular weight is 433 g/mol. The minimum absolute atomic E-state index is 0.190. The lowest BCUT2D eigenvalue weighted by atomic mass is 10.1. The molecule has 1 aliphatic heterocycles. The van der Waals surface area contributed by atoms with Crippen molar-refractivity contribution in [3.63, 3.8) is 0 Å². The van der Waals surface area contributed by atoms with E-state index >= 15 is 0 Å². The zero-order chi connectivity index (χ0) is 17.2. The van der Waals surface area contributed by atoms with Crippen molar-refractivity contribution in [3.8, 4) is 6.01 Å². The SMILES string of the molecule is O=S(=O)(c1cccc(Cl)c1)N1CCCC(Oc2ncc(Br)cn2)C1. The molecule has 1 aromatic heterocycles. The summed E-state index contributed by atoms with van der Waals surface area (Å²) in [6, 6.07) is 6.52. The Bertz CT molecular complexity index is 817. The van der Waals surface area contributed by atoms with Crippen LogP contribution >= 0.6 is 27.5 Å². The van der Waals surface area contributed by atoms with E-state index in [1.165, 1.54) is 10.4 Å². The van der Waals surface area contributed by atoms with E-state index in [0.717, 1.165) is 10.9 Å². The highest BCUT2D eigenvalue weighted by Crippen LogP contribution is 2.24. The van der Waals surface area contributed by atoms with Crippen LogP contribution in [0.5, 0.6) is 6.01 Å². The maximum absolute atomic E-state index is 12.8. The fourth-order valence-corrected chi connectivity index (χ4v) is 4.52. The second-order valence-corrected chi connectivity index (χ2v) is 8.68. The molecule has 6 nitrogen and oxygen atoms in total. The molecule has 24 heavy (non-hydrogen) atoms. The lowest BCUT2D eigenvalue weighted by molar-refractivity contribution is 0.119. The molecule has 1 fully saturated rings. The van der Waals surface area contributed by atoms with Crippen LogP contribution in [0.1, 0.15) is 12.8 Å². The molecular weight excluding hydrogens is 418 g/mol. The first-order valence-electron chi connectivity index (χ1n) is 7.35. The molecule has 0 aliphatic carbocycles. The molecule has 128 valence electrons. The van der Waals surface area contributed by atoms with Crippen molar-refractivity contribution in [2.75, 3.05) is 13.1 Å². The third kappa shape index (κ3) is 4.05. The summed E-state index contributed by atoms with van der Waals surface area (Å²) in [5, 5.41) is 0.393. The van der Waals surface area contributed by atoms with E-state index < -0.39 is 10.0 Å². The van der Waals surface area contributed by atoms with Gasteiger partial charge in [-0.15, -0.1) is 0 Å². The van der Waals surface area contributed by atoms with Crippen LogP contribution in [-0.2, 0) is 10.0 Å². The molecular formula is C15H15BrClN3O3S. The third-order valence-corrected chi connectivity index (χ3v) is 6.15. The average Bonchev–Trinajstić information content (AvgIpc) is 2.57. The van der Waals surface area contributed by atoms with Crippen molar-refractivity contribution in [1.82, 2.24) is 14.3 Å². The number of piperidine rings is 1. The highest BCUT2D eigenvalue weighted by Gasteiger charge is 2.31. The molecule has 1 unspecified atom stereocenters. The summed E-state index contributed by atoms with van der Waals surface area (Å²) in [6.45, 7) is 0.712. The van der Waals surface area contributed by atoms with Gasteiger partial charge in [0.05, 0.1) is 15.9 Å². The molecule has 0 spiro atoms. The summed E-state index contributed by atoms with van der Waals surface area (Å²) in [5.41, 5.74) is 0. The maximum atomic E-state index is 12.8. The number of aromatic nitrogens is 2. The highest BCUT2D eigenvalue weighted by atomic mass is 79.9. The van der Waals surface area contributed by atoms with Crippen molar-refractivity contribution in [3.05, 3.63) is 46.2 Å². The number of ether oxygens (including phenoxy) is 1. The van der Waals surface area contributed by atoms with Gasteiger partial charge < -0.3 is 4.74 Å². The van der Waals surface area contributed by atoms with Crippen molar-refractivity contribution in [2.24, 2.45) is 0 Å². The van der Waals surface area contributed by atoms with Gasteiger partial charge in [0.15, 0.2) is 0 Å². The van der Waals surface area contributed by atoms with Crippen molar-refractivity contribution < 1.29 is 13.2 Å². The summed E-state index contributed by atoms with van der Waals surface area (Å²) in [7, 11) is -3.60. The summed E-state index contributed by atoms with van der Waals surface area (Å²) < 4.78 is 33.4. The number of nitrogens with zero attached hydrogens (tertiary/aromatic N) is 3. The van der Waals surface area contributed by atoms with Crippen LogP contribution in [0.25, 0.3) is 0 Å². The van der Waals surface area contributed by atoms with Crippen LogP contribution < -0.4 is 4.74 Å². The fraction of sp³-hybridized carbons (Fsp3) is 0.333. The second kappa shape index (κ2) is 7.35. The standard InChI is InChI=1S/C15H15BrClN3O3S/c16-11-8-18-15(19-9-11)23-13-4-2-6-20(10-13)24(21,22)14-5-1-3-12(17)7-14/h1,3,5,7-9,13H,2,4,6,10H2. The van der Waals surface area contributed by atoms with Crippen molar-refractivity contribution in [2.45, 2.75) is 23.8 Å². The highest BCUT2D eigenvalue weighted by molar-refractivity contribution is 9.10. The zero-order valence-corrected chi connectivity index (χ0v) is 15.8. The predicted molar refractivity (Wildman–Crippen MR) is 93.6 cm³/mol. The number of hydrogen-bond donors (Lipinski definition) is 0. The number of halogens is 2. The lowest BCUT2D eigenvalue weighted by Crippen LogP contribution is -2.44. The second-order valence-electron chi connectivity index (χ2n) is 5.39. The van der Waals surface area contributed by atoms with Gasteiger partial charge in [-0.25, -0.2) is 18.4 Å². The minimum Gasteiger partial charge on any atom is -0.459 e. The molecule has 1 saturated heterocycles. The van der Waals surface area contributed by atoms with Crippen LogP contribution in [-0.4, -0.2) is 41.9 Å². The summed E-state index contributed by atoms with van der Waals surface area (Å²) >= 11 is 9.17. The first-order valence-corrected chi connectivity index (χ1v) is 9.96. The van der Waals surface area contributed by atoms with E-state index in [4.69, 9.17) is 16.3 Å². The molecule has 0 radical (unpaired) electrons. The Morgan fingerprint density at radius 2 is 2.04 bits per heavy atom. The zero-order valence-electron chi connectivity index (χ0n) is 12.6. The number of rotatable bonds is 4. The molecule has 3 rings (SSSR count). The Morgan fingerprint density at radius 3 is 2.75 bits per heavy atom. The number of benzene rings is 1. The van der Waals surface area contributed by atoms with Gasteiger partial charge in [-0.3, -0.25) is 0 Å². The van der Waals surface area contributed by atoms with Crippen LogP contribution in [0.2, 0.25) is 5.02 Å². The van der Waals surface area contributed by atoms with E-state index in [-0.39, 0.29) is 23.6 Å². The molecule has 0 N–H and O–H groups in total. The summed E-state index contributed by atoms with van der Waals surface area (Å²) in [6.07, 6.45) is 4.35. The van der Waals surface area contributed by atoms with Gasteiger partial charge in [-0.2, -0.15) is 4.31 Å². The first-order chi connectivity index (χ1) is 11.4. The van der Waals surface area contributed by atoms with Gasteiger partial charge in [0.2, 0.25) is 10.0 Å². The van der Waals surface area contributed by atoms with Crippen molar-refractivity contribution >= 4 is 37.6 Å². The molecule has 1 aromatic carbocycles. The van der Waals surface area contributed by atoms with Gasteiger partial charge in [0, 0.05) is 24.0 Å². The Kier molecular flexibility index (Phi) is 5.39. The predicted octanol–water partition coefficient (Wildman–Crippen LogP) is 3.12. The van der Waals surface area contributed by atoms with E-state index in [2.05, 4.69) is 25.9 Å². The Balaban J connectivity index is 1.74. The lowest BCUT2D eigenvalue weighted by Gasteiger charge is -2.31. The number of hydrogen-bond acceptors (Lipinski definition) is 5. The third-order valence-electron chi connectivity index (χ3n) is 3.64. The van der Waals surface area contributed by atoms with Gasteiger partial charge in [-0.1, -0.05) is 17.7 Å². The molecule has 0 amide bonds. The number of sulfonamides is 1. The topological polar surface area (TPSA) is 72.4 Å². The molecule has 1 aliphatic rings. The summed E-state index contributed by atoms with van der Waals surface area (Å²) in [4.78, 5) is 8.32. The normalized spacial score (nSPS) is 19.2. The van der Waals surface area contributed by atoms with Crippen molar-refractivity contribution in [1.29, 1.82) is 0 Å². The van der Waals surface area contributed by atoms with Crippen LogP contribution in [0.3, 0.4) is 0 Å². The monoisotopic (exact) mass is 431 g/mol. The largest absolute Gasteiger partial charge is 0.459 e. The summed E-state index contributed by atoms with van der Waals surface area (Å²) in [5.74, 6) is 0. The molecule has 2 aromatic rings. The molecule has 0 bridgehead atoms. The minimum atomic E-state index is -3.60. The van der Waals surface area contributed by atoms with Gasteiger partial charge >= 0.3 is 6.01 Å². The maximum Gasteiger partial charge on any atom is 0.316 e. The van der Waals surface area contributed by atoms with Crippen LogP contribution in [0.15, 0.2) is 46.0 Å². The smallest absolute Gasteiger partial charge is 0.316 e. The van der Waals surface area contributed by atoms with Crippen LogP contribution in [0.4, 0.5) is 0 Å².